The Labute approximate surface area is 94.8 Å². The van der Waals surface area contributed by atoms with Crippen molar-refractivity contribution in [3.63, 3.8) is 0 Å². The molecule has 0 saturated carbocycles. The Bertz CT molecular complexity index is 202. The van der Waals surface area contributed by atoms with E-state index < -0.39 is 6.17 Å². The van der Waals surface area contributed by atoms with Crippen LogP contribution in [0.5, 0.6) is 0 Å². The molecule has 3 N–H and O–H groups in total. The molecule has 0 aromatic rings. The van der Waals surface area contributed by atoms with Crippen LogP contribution in [0.4, 0.5) is 0 Å². The van der Waals surface area contributed by atoms with E-state index in [1.54, 1.807) is 25.9 Å². The smallest absolute Gasteiger partial charge is 0.251 e. The van der Waals surface area contributed by atoms with E-state index in [9.17, 15) is 9.59 Å². The second-order valence-corrected chi connectivity index (χ2v) is 4.01. The minimum absolute atomic E-state index is 0.173. The number of amides is 1. The molecule has 2 atom stereocenters. The first-order valence-corrected chi connectivity index (χ1v) is 6.18. The molecule has 0 unspecified atom stereocenters. The number of carbonyl (C=O) groups excluding carboxylic acids is 2. The summed E-state index contributed by atoms with van der Waals surface area (Å²) in [6.45, 7) is 0. The van der Waals surface area contributed by atoms with Crippen molar-refractivity contribution in [3.8, 4) is 0 Å². The summed E-state index contributed by atoms with van der Waals surface area (Å²) in [5.74, 6) is 0.717. The Hall–Kier alpha value is -0.590. The van der Waals surface area contributed by atoms with Crippen molar-refractivity contribution in [2.45, 2.75) is 18.6 Å². The number of nitrogens with one attached hydrogen (secondary N) is 3. The molecule has 0 saturated heterocycles. The van der Waals surface area contributed by atoms with Crippen molar-refractivity contribution in [3.05, 3.63) is 0 Å². The summed E-state index contributed by atoms with van der Waals surface area (Å²) in [6, 6.07) is -0.285. The molecule has 6 heteroatoms. The van der Waals surface area contributed by atoms with Gasteiger partial charge in [0.05, 0.1) is 6.04 Å². The van der Waals surface area contributed by atoms with Crippen molar-refractivity contribution in [1.29, 1.82) is 0 Å². The standard InChI is InChI=1S/C9H19N3O2S/c1-10-8(9(14)11-2)12-7(6-13)4-5-15-3/h6-8,10,12H,4-5H2,1-3H3,(H,11,14)/t7-,8-/m0/s1. The number of hydrogen-bond acceptors (Lipinski definition) is 5. The van der Waals surface area contributed by atoms with Crippen LogP contribution in [-0.2, 0) is 9.59 Å². The average molecular weight is 233 g/mol. The largest absolute Gasteiger partial charge is 0.357 e. The molecule has 0 aromatic carbocycles. The second-order valence-electron chi connectivity index (χ2n) is 3.03. The number of likely N-dealkylation sites (N-methyl/N-ethyl adjacent to an activating group) is 2. The zero-order valence-corrected chi connectivity index (χ0v) is 10.2. The SMILES string of the molecule is CNC(=O)[C@@H](NC)N[C@H](C=O)CCSC. The van der Waals surface area contributed by atoms with Gasteiger partial charge in [0, 0.05) is 7.05 Å². The van der Waals surface area contributed by atoms with Gasteiger partial charge in [0.2, 0.25) is 0 Å². The lowest BCUT2D eigenvalue weighted by Crippen LogP contribution is -2.55. The number of hydrogen-bond donors (Lipinski definition) is 3. The van der Waals surface area contributed by atoms with Gasteiger partial charge in [0.25, 0.3) is 5.91 Å². The quantitative estimate of drug-likeness (QED) is 0.378. The van der Waals surface area contributed by atoms with Gasteiger partial charge in [0.15, 0.2) is 0 Å². The highest BCUT2D eigenvalue weighted by Crippen LogP contribution is 1.99. The molecule has 0 aromatic heterocycles. The minimum atomic E-state index is -0.521. The highest BCUT2D eigenvalue weighted by Gasteiger charge is 2.18. The van der Waals surface area contributed by atoms with Crippen molar-refractivity contribution in [1.82, 2.24) is 16.0 Å². The summed E-state index contributed by atoms with van der Waals surface area (Å²) >= 11 is 1.67. The summed E-state index contributed by atoms with van der Waals surface area (Å²) < 4.78 is 0. The molecule has 0 aliphatic rings. The predicted octanol–water partition coefficient (Wildman–Crippen LogP) is -0.812. The van der Waals surface area contributed by atoms with Gasteiger partial charge in [-0.15, -0.1) is 0 Å². The molecule has 5 nitrogen and oxygen atoms in total. The molecule has 88 valence electrons. The van der Waals surface area contributed by atoms with E-state index in [1.807, 2.05) is 6.26 Å². The molecule has 0 aliphatic heterocycles. The summed E-state index contributed by atoms with van der Waals surface area (Å²) in [5, 5.41) is 8.26. The van der Waals surface area contributed by atoms with Crippen LogP contribution in [0.1, 0.15) is 6.42 Å². The van der Waals surface area contributed by atoms with Crippen LogP contribution in [0.2, 0.25) is 0 Å². The molecule has 0 spiro atoms. The molecular formula is C9H19N3O2S. The third kappa shape index (κ3) is 5.76. The Morgan fingerprint density at radius 1 is 1.47 bits per heavy atom. The Kier molecular flexibility index (Phi) is 8.35. The monoisotopic (exact) mass is 233 g/mol. The van der Waals surface area contributed by atoms with Gasteiger partial charge in [-0.2, -0.15) is 11.8 Å². The molecular weight excluding hydrogens is 214 g/mol. The zero-order valence-electron chi connectivity index (χ0n) is 9.37. The van der Waals surface area contributed by atoms with Gasteiger partial charge in [0.1, 0.15) is 12.5 Å². The molecule has 0 rings (SSSR count). The van der Waals surface area contributed by atoms with E-state index in [0.717, 1.165) is 18.5 Å². The van der Waals surface area contributed by atoms with Crippen LogP contribution < -0.4 is 16.0 Å². The topological polar surface area (TPSA) is 70.2 Å². The normalized spacial score (nSPS) is 14.3. The summed E-state index contributed by atoms with van der Waals surface area (Å²) in [6.07, 6.45) is 3.02. The number of aldehydes is 1. The minimum Gasteiger partial charge on any atom is -0.357 e. The fourth-order valence-electron chi connectivity index (χ4n) is 1.08. The van der Waals surface area contributed by atoms with Crippen molar-refractivity contribution < 1.29 is 9.59 Å². The van der Waals surface area contributed by atoms with Gasteiger partial charge >= 0.3 is 0 Å². The maximum absolute atomic E-state index is 11.3. The van der Waals surface area contributed by atoms with E-state index in [0.29, 0.717) is 0 Å². The van der Waals surface area contributed by atoms with Gasteiger partial charge in [-0.1, -0.05) is 0 Å². The van der Waals surface area contributed by atoms with Crippen LogP contribution in [0.3, 0.4) is 0 Å². The van der Waals surface area contributed by atoms with Crippen LogP contribution >= 0.6 is 11.8 Å². The maximum atomic E-state index is 11.3. The number of thioether (sulfide) groups is 1. The van der Waals surface area contributed by atoms with E-state index >= 15 is 0 Å². The molecule has 0 heterocycles. The van der Waals surface area contributed by atoms with Crippen LogP contribution in [-0.4, -0.2) is 50.5 Å². The number of rotatable bonds is 8. The molecule has 1 amide bonds. The third-order valence-electron chi connectivity index (χ3n) is 1.98. The highest BCUT2D eigenvalue weighted by molar-refractivity contribution is 7.98. The molecule has 0 aliphatic carbocycles. The van der Waals surface area contributed by atoms with E-state index in [2.05, 4.69) is 16.0 Å². The first kappa shape index (κ1) is 14.4. The van der Waals surface area contributed by atoms with Crippen molar-refractivity contribution in [2.75, 3.05) is 26.1 Å². The molecule has 0 fully saturated rings. The Morgan fingerprint density at radius 2 is 2.13 bits per heavy atom. The Morgan fingerprint density at radius 3 is 2.53 bits per heavy atom. The Balaban J connectivity index is 4.11. The number of carbonyl (C=O) groups is 2. The van der Waals surface area contributed by atoms with Crippen LogP contribution in [0.25, 0.3) is 0 Å². The fraction of sp³-hybridized carbons (Fsp3) is 0.778. The van der Waals surface area contributed by atoms with Crippen molar-refractivity contribution in [2.24, 2.45) is 0 Å². The average Bonchev–Trinajstić information content (AvgIpc) is 2.28. The fourth-order valence-corrected chi connectivity index (χ4v) is 1.57. The van der Waals surface area contributed by atoms with Crippen LogP contribution in [0.15, 0.2) is 0 Å². The molecule has 0 radical (unpaired) electrons. The maximum Gasteiger partial charge on any atom is 0.251 e. The first-order valence-electron chi connectivity index (χ1n) is 4.78. The summed E-state index contributed by atoms with van der Waals surface area (Å²) in [5.41, 5.74) is 0. The third-order valence-corrected chi connectivity index (χ3v) is 2.62. The lowest BCUT2D eigenvalue weighted by molar-refractivity contribution is -0.123. The van der Waals surface area contributed by atoms with E-state index in [-0.39, 0.29) is 11.9 Å². The van der Waals surface area contributed by atoms with E-state index in [1.165, 1.54) is 0 Å². The highest BCUT2D eigenvalue weighted by atomic mass is 32.2. The van der Waals surface area contributed by atoms with Crippen LogP contribution in [0, 0.1) is 0 Å². The lowest BCUT2D eigenvalue weighted by atomic mass is 10.2. The van der Waals surface area contributed by atoms with Gasteiger partial charge in [-0.25, -0.2) is 0 Å². The van der Waals surface area contributed by atoms with Gasteiger partial charge in [-0.3, -0.25) is 15.4 Å². The summed E-state index contributed by atoms with van der Waals surface area (Å²) in [4.78, 5) is 22.1. The first-order chi connectivity index (χ1) is 7.19. The summed E-state index contributed by atoms with van der Waals surface area (Å²) in [7, 11) is 3.23. The second kappa shape index (κ2) is 8.70. The molecule has 15 heavy (non-hydrogen) atoms. The predicted molar refractivity (Wildman–Crippen MR) is 62.9 cm³/mol. The van der Waals surface area contributed by atoms with Gasteiger partial charge in [-0.05, 0) is 25.5 Å². The zero-order chi connectivity index (χ0) is 11.7. The van der Waals surface area contributed by atoms with Crippen molar-refractivity contribution >= 4 is 24.0 Å². The lowest BCUT2D eigenvalue weighted by Gasteiger charge is -2.20. The molecule has 0 bridgehead atoms. The van der Waals surface area contributed by atoms with Gasteiger partial charge < -0.3 is 10.1 Å². The van der Waals surface area contributed by atoms with E-state index in [4.69, 9.17) is 0 Å².